The van der Waals surface area contributed by atoms with E-state index in [4.69, 9.17) is 10.00 Å². The van der Waals surface area contributed by atoms with E-state index >= 15 is 0 Å². The van der Waals surface area contributed by atoms with E-state index in [1.54, 1.807) is 18.2 Å². The van der Waals surface area contributed by atoms with Crippen LogP contribution in [0, 0.1) is 11.3 Å². The summed E-state index contributed by atoms with van der Waals surface area (Å²) in [4.78, 5) is 10.9. The Hall–Kier alpha value is -2.80. The molecule has 0 aliphatic heterocycles. The van der Waals surface area contributed by atoms with Crippen molar-refractivity contribution in [1.82, 2.24) is 0 Å². The predicted octanol–water partition coefficient (Wildman–Crippen LogP) is 5.07. The van der Waals surface area contributed by atoms with Crippen molar-refractivity contribution >= 4 is 21.9 Å². The lowest BCUT2D eigenvalue weighted by atomic mass is 10.1. The van der Waals surface area contributed by atoms with E-state index in [0.717, 1.165) is 6.07 Å². The number of esters is 1. The smallest absolute Gasteiger partial charge is 0.387 e. The third-order valence-electron chi connectivity index (χ3n) is 3.31. The highest BCUT2D eigenvalue weighted by atomic mass is 79.9. The van der Waals surface area contributed by atoms with Crippen molar-refractivity contribution in [3.8, 4) is 23.3 Å². The van der Waals surface area contributed by atoms with Crippen LogP contribution in [0.4, 0.5) is 17.6 Å². The molecule has 0 saturated carbocycles. The quantitative estimate of drug-likeness (QED) is 0.405. The molecule has 0 amide bonds. The number of hydrogen-bond acceptors (Lipinski definition) is 5. The Kier molecular flexibility index (Phi) is 7.63. The van der Waals surface area contributed by atoms with Crippen molar-refractivity contribution in [2.45, 2.75) is 19.5 Å². The van der Waals surface area contributed by atoms with Crippen LogP contribution in [0.15, 0.2) is 40.9 Å². The number of alkyl halides is 4. The van der Waals surface area contributed by atoms with Crippen LogP contribution in [0.25, 0.3) is 0 Å². The van der Waals surface area contributed by atoms with Gasteiger partial charge in [0, 0.05) is 22.5 Å². The number of carbonyl (C=O) groups excluding carboxylic acids is 1. The van der Waals surface area contributed by atoms with E-state index in [1.807, 2.05) is 6.07 Å². The molecule has 2 rings (SSSR count). The zero-order valence-electron chi connectivity index (χ0n) is 14.0. The van der Waals surface area contributed by atoms with Crippen molar-refractivity contribution in [2.75, 3.05) is 6.61 Å². The fourth-order valence-electron chi connectivity index (χ4n) is 2.19. The third kappa shape index (κ3) is 6.13. The number of halogens is 5. The summed E-state index contributed by atoms with van der Waals surface area (Å²) in [5.41, 5.74) is 0.527. The predicted molar refractivity (Wildman–Crippen MR) is 92.7 cm³/mol. The Morgan fingerprint density at radius 2 is 1.86 bits per heavy atom. The minimum absolute atomic E-state index is 0.0376. The summed E-state index contributed by atoms with van der Waals surface area (Å²) in [6.45, 7) is -3.40. The number of benzene rings is 2. The molecule has 0 bridgehead atoms. The van der Waals surface area contributed by atoms with Gasteiger partial charge in [-0.15, -0.1) is 0 Å². The molecule has 0 radical (unpaired) electrons. The fraction of sp³-hybridized carbons (Fsp3) is 0.222. The van der Waals surface area contributed by atoms with Gasteiger partial charge in [-0.05, 0) is 24.3 Å². The number of ether oxygens (including phenoxy) is 3. The van der Waals surface area contributed by atoms with Gasteiger partial charge in [0.25, 0.3) is 0 Å². The summed E-state index contributed by atoms with van der Waals surface area (Å²) < 4.78 is 64.3. The second kappa shape index (κ2) is 9.94. The zero-order chi connectivity index (χ0) is 20.7. The molecule has 0 fully saturated rings. The van der Waals surface area contributed by atoms with E-state index in [-0.39, 0.29) is 35.8 Å². The molecule has 148 valence electrons. The summed E-state index contributed by atoms with van der Waals surface area (Å²) >= 11 is 3.29. The second-order valence-electron chi connectivity index (χ2n) is 5.22. The lowest BCUT2D eigenvalue weighted by Crippen LogP contribution is -2.16. The molecule has 5 nitrogen and oxygen atoms in total. The van der Waals surface area contributed by atoms with Crippen LogP contribution in [-0.4, -0.2) is 25.6 Å². The third-order valence-corrected chi connectivity index (χ3v) is 4.06. The molecule has 0 aliphatic carbocycles. The molecule has 2 aromatic rings. The summed E-state index contributed by atoms with van der Waals surface area (Å²) in [6.07, 6.45) is -3.18. The highest BCUT2D eigenvalue weighted by Crippen LogP contribution is 2.33. The van der Waals surface area contributed by atoms with Gasteiger partial charge in [-0.2, -0.15) is 22.8 Å². The van der Waals surface area contributed by atoms with Crippen molar-refractivity contribution < 1.29 is 36.6 Å². The molecule has 0 N–H and O–H groups in total. The molecular formula is C18H12BrF4NO4. The number of rotatable bonds is 8. The zero-order valence-corrected chi connectivity index (χ0v) is 15.6. The highest BCUT2D eigenvalue weighted by molar-refractivity contribution is 9.10. The lowest BCUT2D eigenvalue weighted by Gasteiger charge is -2.14. The van der Waals surface area contributed by atoms with Crippen molar-refractivity contribution in [1.29, 1.82) is 5.26 Å². The standard InChI is InChI=1S/C18H12BrF4NO4/c19-14-2-1-3-15(13(14)4-5-26-17(25)16(20)21)27-11-6-10(9-24)7-12(8-11)28-18(22)23/h1-3,6-8,16,18H,4-5H2. The molecule has 28 heavy (non-hydrogen) atoms. The van der Waals surface area contributed by atoms with E-state index in [0.29, 0.717) is 10.0 Å². The van der Waals surface area contributed by atoms with Gasteiger partial charge in [0.1, 0.15) is 17.2 Å². The van der Waals surface area contributed by atoms with Crippen molar-refractivity contribution in [3.63, 3.8) is 0 Å². The Balaban J connectivity index is 2.23. The van der Waals surface area contributed by atoms with Crippen LogP contribution in [0.5, 0.6) is 17.2 Å². The van der Waals surface area contributed by atoms with E-state index in [2.05, 4.69) is 25.4 Å². The van der Waals surface area contributed by atoms with Crippen LogP contribution in [0.1, 0.15) is 11.1 Å². The molecule has 0 atom stereocenters. The average Bonchev–Trinajstić information content (AvgIpc) is 2.62. The topological polar surface area (TPSA) is 68.5 Å². The number of hydrogen-bond donors (Lipinski definition) is 0. The molecule has 0 saturated heterocycles. The Morgan fingerprint density at radius 3 is 2.50 bits per heavy atom. The van der Waals surface area contributed by atoms with Crippen LogP contribution in [0.2, 0.25) is 0 Å². The first-order valence-corrected chi connectivity index (χ1v) is 8.49. The molecule has 0 heterocycles. The summed E-state index contributed by atoms with van der Waals surface area (Å²) in [6, 6.07) is 10.3. The highest BCUT2D eigenvalue weighted by Gasteiger charge is 2.18. The molecule has 2 aromatic carbocycles. The van der Waals surface area contributed by atoms with Crippen LogP contribution in [-0.2, 0) is 16.0 Å². The van der Waals surface area contributed by atoms with Crippen molar-refractivity contribution in [2.24, 2.45) is 0 Å². The number of nitrogens with zero attached hydrogens (tertiary/aromatic N) is 1. The van der Waals surface area contributed by atoms with Crippen LogP contribution >= 0.6 is 15.9 Å². The minimum atomic E-state index is -3.23. The van der Waals surface area contributed by atoms with Gasteiger partial charge in [0.2, 0.25) is 0 Å². The Bertz CT molecular complexity index is 886. The van der Waals surface area contributed by atoms with Crippen LogP contribution < -0.4 is 9.47 Å². The lowest BCUT2D eigenvalue weighted by molar-refractivity contribution is -0.156. The Labute approximate surface area is 165 Å². The number of carbonyl (C=O) groups is 1. The van der Waals surface area contributed by atoms with Gasteiger partial charge in [-0.3, -0.25) is 0 Å². The molecule has 0 spiro atoms. The first-order chi connectivity index (χ1) is 13.3. The SMILES string of the molecule is N#Cc1cc(Oc2cccc(Br)c2CCOC(=O)C(F)F)cc(OC(F)F)c1. The van der Waals surface area contributed by atoms with Gasteiger partial charge in [-0.1, -0.05) is 22.0 Å². The first kappa shape index (κ1) is 21.5. The van der Waals surface area contributed by atoms with E-state index in [9.17, 15) is 22.4 Å². The van der Waals surface area contributed by atoms with E-state index in [1.165, 1.54) is 12.1 Å². The maximum Gasteiger partial charge on any atom is 0.387 e. The summed E-state index contributed by atoms with van der Waals surface area (Å²) in [5.74, 6) is -1.59. The molecule has 0 unspecified atom stereocenters. The first-order valence-electron chi connectivity index (χ1n) is 7.70. The molecule has 0 aliphatic rings. The molecular weight excluding hydrogens is 450 g/mol. The summed E-state index contributed by atoms with van der Waals surface area (Å²) in [5, 5.41) is 9.03. The maximum absolute atomic E-state index is 12.4. The van der Waals surface area contributed by atoms with Crippen molar-refractivity contribution in [3.05, 3.63) is 52.0 Å². The minimum Gasteiger partial charge on any atom is -0.461 e. The van der Waals surface area contributed by atoms with Gasteiger partial charge < -0.3 is 14.2 Å². The summed E-state index contributed by atoms with van der Waals surface area (Å²) in [7, 11) is 0. The second-order valence-corrected chi connectivity index (χ2v) is 6.07. The molecule has 10 heteroatoms. The average molecular weight is 462 g/mol. The Morgan fingerprint density at radius 1 is 1.14 bits per heavy atom. The van der Waals surface area contributed by atoms with E-state index < -0.39 is 19.0 Å². The van der Waals surface area contributed by atoms with Gasteiger partial charge in [0.15, 0.2) is 0 Å². The van der Waals surface area contributed by atoms with Crippen LogP contribution in [0.3, 0.4) is 0 Å². The normalized spacial score (nSPS) is 10.6. The van der Waals surface area contributed by atoms with Gasteiger partial charge in [-0.25, -0.2) is 4.79 Å². The van der Waals surface area contributed by atoms with Gasteiger partial charge in [0.05, 0.1) is 18.2 Å². The maximum atomic E-state index is 12.4. The van der Waals surface area contributed by atoms with Gasteiger partial charge >= 0.3 is 19.0 Å². The monoisotopic (exact) mass is 461 g/mol. The fourth-order valence-corrected chi connectivity index (χ4v) is 2.73. The number of nitriles is 1. The largest absolute Gasteiger partial charge is 0.461 e. The molecule has 0 aromatic heterocycles.